The van der Waals surface area contributed by atoms with Gasteiger partial charge in [-0.15, -0.1) is 0 Å². The summed E-state index contributed by atoms with van der Waals surface area (Å²) in [7, 11) is 0. The van der Waals surface area contributed by atoms with E-state index in [9.17, 15) is 8.78 Å². The van der Waals surface area contributed by atoms with Gasteiger partial charge < -0.3 is 15.4 Å². The molecule has 0 aromatic heterocycles. The maximum atomic E-state index is 13.3. The van der Waals surface area contributed by atoms with Crippen LogP contribution in [0.2, 0.25) is 0 Å². The smallest absolute Gasteiger partial charge is 0.149 e. The first-order valence-electron chi connectivity index (χ1n) is 5.26. The van der Waals surface area contributed by atoms with Crippen molar-refractivity contribution in [3.8, 4) is 0 Å². The average Bonchev–Trinajstić information content (AvgIpc) is 2.29. The van der Waals surface area contributed by atoms with Gasteiger partial charge in [-0.2, -0.15) is 0 Å². The maximum Gasteiger partial charge on any atom is 0.149 e. The van der Waals surface area contributed by atoms with E-state index in [4.69, 9.17) is 4.74 Å². The predicted octanol–water partition coefficient (Wildman–Crippen LogP) is 1.37. The molecule has 0 spiro atoms. The van der Waals surface area contributed by atoms with Crippen molar-refractivity contribution in [2.45, 2.75) is 6.04 Å². The van der Waals surface area contributed by atoms with Crippen molar-refractivity contribution in [1.82, 2.24) is 5.32 Å². The second kappa shape index (κ2) is 5.23. The van der Waals surface area contributed by atoms with Crippen molar-refractivity contribution in [2.24, 2.45) is 0 Å². The highest BCUT2D eigenvalue weighted by molar-refractivity contribution is 5.44. The fourth-order valence-electron chi connectivity index (χ4n) is 1.62. The van der Waals surface area contributed by atoms with Crippen LogP contribution in [-0.2, 0) is 4.74 Å². The average molecular weight is 228 g/mol. The minimum atomic E-state index is -0.572. The topological polar surface area (TPSA) is 33.3 Å². The molecule has 0 aliphatic carbocycles. The van der Waals surface area contributed by atoms with E-state index < -0.39 is 11.6 Å². The highest BCUT2D eigenvalue weighted by Crippen LogP contribution is 2.14. The van der Waals surface area contributed by atoms with Gasteiger partial charge in [0.15, 0.2) is 0 Å². The number of rotatable bonds is 3. The third kappa shape index (κ3) is 2.90. The first-order valence-corrected chi connectivity index (χ1v) is 5.26. The van der Waals surface area contributed by atoms with Gasteiger partial charge >= 0.3 is 0 Å². The van der Waals surface area contributed by atoms with E-state index in [0.717, 1.165) is 12.6 Å². The molecule has 1 fully saturated rings. The molecule has 0 saturated carbocycles. The van der Waals surface area contributed by atoms with Gasteiger partial charge in [0.05, 0.1) is 18.9 Å². The first-order chi connectivity index (χ1) is 7.75. The number of hydrogen-bond acceptors (Lipinski definition) is 3. The molecule has 1 aromatic carbocycles. The minimum absolute atomic E-state index is 0.165. The highest BCUT2D eigenvalue weighted by Gasteiger charge is 2.13. The molecule has 1 saturated heterocycles. The zero-order valence-electron chi connectivity index (χ0n) is 8.80. The Labute approximate surface area is 92.8 Å². The third-order valence-corrected chi connectivity index (χ3v) is 2.47. The van der Waals surface area contributed by atoms with Gasteiger partial charge in [0.2, 0.25) is 0 Å². The summed E-state index contributed by atoms with van der Waals surface area (Å²) in [6.07, 6.45) is 0. The summed E-state index contributed by atoms with van der Waals surface area (Å²) in [5.74, 6) is -1.14. The minimum Gasteiger partial charge on any atom is -0.381 e. The van der Waals surface area contributed by atoms with Crippen LogP contribution in [0.4, 0.5) is 14.5 Å². The lowest BCUT2D eigenvalue weighted by atomic mass is 10.2. The Morgan fingerprint density at radius 2 is 2.31 bits per heavy atom. The van der Waals surface area contributed by atoms with E-state index in [0.29, 0.717) is 25.4 Å². The molecule has 5 heteroatoms. The second-order valence-corrected chi connectivity index (χ2v) is 3.73. The van der Waals surface area contributed by atoms with Crippen molar-refractivity contribution in [1.29, 1.82) is 0 Å². The Balaban J connectivity index is 1.88. The van der Waals surface area contributed by atoms with Crippen LogP contribution in [0.25, 0.3) is 0 Å². The molecule has 1 heterocycles. The Hall–Kier alpha value is -1.20. The number of anilines is 1. The molecular formula is C11H14F2N2O. The Morgan fingerprint density at radius 3 is 3.00 bits per heavy atom. The standard InChI is InChI=1S/C11H14F2N2O/c12-8-1-2-11(10(13)5-8)15-6-9-7-16-4-3-14-9/h1-2,5,9,14-15H,3-4,6-7H2. The largest absolute Gasteiger partial charge is 0.381 e. The number of nitrogens with one attached hydrogen (secondary N) is 2. The summed E-state index contributed by atoms with van der Waals surface area (Å²) in [5.41, 5.74) is 0.314. The van der Waals surface area contributed by atoms with Gasteiger partial charge in [0, 0.05) is 25.2 Å². The van der Waals surface area contributed by atoms with Crippen LogP contribution in [0.1, 0.15) is 0 Å². The molecule has 0 amide bonds. The monoisotopic (exact) mass is 228 g/mol. The highest BCUT2D eigenvalue weighted by atomic mass is 19.1. The summed E-state index contributed by atoms with van der Waals surface area (Å²) in [6.45, 7) is 2.68. The van der Waals surface area contributed by atoms with E-state index in [1.807, 2.05) is 0 Å². The lowest BCUT2D eigenvalue weighted by Gasteiger charge is -2.24. The number of morpholine rings is 1. The molecule has 0 radical (unpaired) electrons. The predicted molar refractivity (Wildman–Crippen MR) is 57.5 cm³/mol. The lowest BCUT2D eigenvalue weighted by molar-refractivity contribution is 0.0806. The zero-order chi connectivity index (χ0) is 11.4. The van der Waals surface area contributed by atoms with Gasteiger partial charge in [-0.1, -0.05) is 0 Å². The Morgan fingerprint density at radius 1 is 1.44 bits per heavy atom. The molecule has 1 unspecified atom stereocenters. The van der Waals surface area contributed by atoms with Crippen LogP contribution in [0, 0.1) is 11.6 Å². The van der Waals surface area contributed by atoms with Gasteiger partial charge in [-0.05, 0) is 12.1 Å². The molecule has 0 bridgehead atoms. The summed E-state index contributed by atoms with van der Waals surface area (Å²) in [5, 5.41) is 6.16. The molecule has 2 rings (SSSR count). The SMILES string of the molecule is Fc1ccc(NCC2COCCN2)c(F)c1. The molecule has 1 aliphatic rings. The van der Waals surface area contributed by atoms with Crippen LogP contribution < -0.4 is 10.6 Å². The molecule has 3 nitrogen and oxygen atoms in total. The van der Waals surface area contributed by atoms with Gasteiger partial charge in [0.25, 0.3) is 0 Å². The van der Waals surface area contributed by atoms with Crippen molar-refractivity contribution in [2.75, 3.05) is 31.6 Å². The summed E-state index contributed by atoms with van der Waals surface area (Å²) in [4.78, 5) is 0. The van der Waals surface area contributed by atoms with E-state index in [1.165, 1.54) is 12.1 Å². The summed E-state index contributed by atoms with van der Waals surface area (Å²) >= 11 is 0. The number of halogens is 2. The van der Waals surface area contributed by atoms with E-state index in [-0.39, 0.29) is 6.04 Å². The molecular weight excluding hydrogens is 214 g/mol. The van der Waals surface area contributed by atoms with Gasteiger partial charge in [-0.3, -0.25) is 0 Å². The van der Waals surface area contributed by atoms with Crippen LogP contribution in [-0.4, -0.2) is 32.3 Å². The summed E-state index contributed by atoms with van der Waals surface area (Å²) in [6, 6.07) is 3.66. The van der Waals surface area contributed by atoms with E-state index in [1.54, 1.807) is 0 Å². The fourth-order valence-corrected chi connectivity index (χ4v) is 1.62. The van der Waals surface area contributed by atoms with E-state index >= 15 is 0 Å². The van der Waals surface area contributed by atoms with Crippen molar-refractivity contribution in [3.63, 3.8) is 0 Å². The van der Waals surface area contributed by atoms with Crippen molar-refractivity contribution in [3.05, 3.63) is 29.8 Å². The molecule has 2 N–H and O–H groups in total. The van der Waals surface area contributed by atoms with Crippen LogP contribution in [0.3, 0.4) is 0 Å². The molecule has 1 aromatic rings. The maximum absolute atomic E-state index is 13.3. The fraction of sp³-hybridized carbons (Fsp3) is 0.455. The molecule has 1 aliphatic heterocycles. The lowest BCUT2D eigenvalue weighted by Crippen LogP contribution is -2.45. The number of hydrogen-bond donors (Lipinski definition) is 2. The second-order valence-electron chi connectivity index (χ2n) is 3.73. The Bertz CT molecular complexity index is 354. The third-order valence-electron chi connectivity index (χ3n) is 2.47. The molecule has 1 atom stereocenters. The Kier molecular flexibility index (Phi) is 3.69. The number of ether oxygens (including phenoxy) is 1. The summed E-state index contributed by atoms with van der Waals surface area (Å²) < 4.78 is 31.2. The van der Waals surface area contributed by atoms with Crippen LogP contribution in [0.15, 0.2) is 18.2 Å². The van der Waals surface area contributed by atoms with E-state index in [2.05, 4.69) is 10.6 Å². The quantitative estimate of drug-likeness (QED) is 0.819. The molecule has 88 valence electrons. The first kappa shape index (κ1) is 11.3. The van der Waals surface area contributed by atoms with Crippen LogP contribution >= 0.6 is 0 Å². The number of benzene rings is 1. The zero-order valence-corrected chi connectivity index (χ0v) is 8.80. The van der Waals surface area contributed by atoms with Gasteiger partial charge in [-0.25, -0.2) is 8.78 Å². The van der Waals surface area contributed by atoms with Crippen molar-refractivity contribution >= 4 is 5.69 Å². The normalized spacial score (nSPS) is 20.8. The van der Waals surface area contributed by atoms with Crippen molar-refractivity contribution < 1.29 is 13.5 Å². The van der Waals surface area contributed by atoms with Gasteiger partial charge in [0.1, 0.15) is 11.6 Å². The molecule has 16 heavy (non-hydrogen) atoms. The van der Waals surface area contributed by atoms with Crippen LogP contribution in [0.5, 0.6) is 0 Å².